The summed E-state index contributed by atoms with van der Waals surface area (Å²) in [5, 5.41) is 14.2. The average molecular weight is 390 g/mol. The Morgan fingerprint density at radius 3 is 2.59 bits per heavy atom. The molecule has 8 nitrogen and oxygen atoms in total. The third-order valence-electron chi connectivity index (χ3n) is 4.60. The molecule has 4 rings (SSSR count). The van der Waals surface area contributed by atoms with Gasteiger partial charge in [-0.25, -0.2) is 4.98 Å². The zero-order valence-corrected chi connectivity index (χ0v) is 15.7. The molecule has 0 aliphatic heterocycles. The number of aliphatic carboxylic acids is 1. The number of fused-ring (bicyclic) bond motifs is 3. The lowest BCUT2D eigenvalue weighted by Crippen LogP contribution is -2.19. The number of hydrogen-bond acceptors (Lipinski definition) is 6. The van der Waals surface area contributed by atoms with E-state index in [-0.39, 0.29) is 12.1 Å². The van der Waals surface area contributed by atoms with Crippen molar-refractivity contribution in [2.75, 3.05) is 7.11 Å². The zero-order valence-electron chi connectivity index (χ0n) is 15.7. The van der Waals surface area contributed by atoms with Crippen molar-refractivity contribution in [1.82, 2.24) is 19.6 Å². The maximum atomic E-state index is 12.7. The number of aromatic nitrogens is 4. The molecule has 0 spiro atoms. The van der Waals surface area contributed by atoms with Crippen LogP contribution in [0.3, 0.4) is 0 Å². The lowest BCUT2D eigenvalue weighted by molar-refractivity contribution is -0.137. The summed E-state index contributed by atoms with van der Waals surface area (Å²) in [6.07, 6.45) is 0.823. The van der Waals surface area contributed by atoms with Crippen LogP contribution in [0.2, 0.25) is 0 Å². The summed E-state index contributed by atoms with van der Waals surface area (Å²) in [4.78, 5) is 32.5. The van der Waals surface area contributed by atoms with Gasteiger partial charge in [0.05, 0.1) is 12.6 Å². The van der Waals surface area contributed by atoms with Crippen LogP contribution >= 0.6 is 0 Å². The monoisotopic (exact) mass is 390 g/mol. The van der Waals surface area contributed by atoms with Gasteiger partial charge in [0.2, 0.25) is 0 Å². The number of benzene rings is 2. The molecule has 0 bridgehead atoms. The summed E-state index contributed by atoms with van der Waals surface area (Å²) in [7, 11) is 1.57. The molecule has 0 radical (unpaired) electrons. The highest BCUT2D eigenvalue weighted by Crippen LogP contribution is 2.21. The first-order valence-electron chi connectivity index (χ1n) is 9.12. The summed E-state index contributed by atoms with van der Waals surface area (Å²) < 4.78 is 6.71. The molecule has 0 saturated heterocycles. The molecular weight excluding hydrogens is 372 g/mol. The van der Waals surface area contributed by atoms with Gasteiger partial charge in [0.1, 0.15) is 11.6 Å². The standard InChI is InChI=1S/C21H18N4O4/c1-29-14-11-9-13(10-12-14)19-21(28)23-20-15-5-2-3-6-16(15)22-17(25(20)24-19)7-4-8-18(26)27/h2-3,5-6,9-12H,4,7-8H2,1H3,(H,26,27). The fraction of sp³-hybridized carbons (Fsp3) is 0.190. The lowest BCUT2D eigenvalue weighted by Gasteiger charge is -2.11. The van der Waals surface area contributed by atoms with E-state index in [0.29, 0.717) is 46.5 Å². The van der Waals surface area contributed by atoms with Gasteiger partial charge in [-0.05, 0) is 42.8 Å². The highest BCUT2D eigenvalue weighted by molar-refractivity contribution is 5.91. The molecule has 0 saturated carbocycles. The van der Waals surface area contributed by atoms with E-state index >= 15 is 0 Å². The van der Waals surface area contributed by atoms with Crippen LogP contribution in [0.4, 0.5) is 0 Å². The summed E-state index contributed by atoms with van der Waals surface area (Å²) >= 11 is 0. The van der Waals surface area contributed by atoms with Crippen molar-refractivity contribution in [3.8, 4) is 17.0 Å². The first-order valence-corrected chi connectivity index (χ1v) is 9.12. The number of carboxylic acids is 1. The maximum Gasteiger partial charge on any atom is 0.303 e. The Bertz CT molecular complexity index is 1270. The maximum absolute atomic E-state index is 12.7. The molecule has 0 fully saturated rings. The number of hydrogen-bond donors (Lipinski definition) is 1. The number of aryl methyl sites for hydroxylation is 1. The van der Waals surface area contributed by atoms with Crippen LogP contribution in [0, 0.1) is 0 Å². The fourth-order valence-electron chi connectivity index (χ4n) is 3.18. The van der Waals surface area contributed by atoms with Crippen molar-refractivity contribution in [1.29, 1.82) is 0 Å². The molecule has 0 aliphatic carbocycles. The first kappa shape index (κ1) is 18.5. The van der Waals surface area contributed by atoms with Crippen molar-refractivity contribution in [2.45, 2.75) is 19.3 Å². The normalized spacial score (nSPS) is 11.1. The van der Waals surface area contributed by atoms with E-state index in [1.54, 1.807) is 35.9 Å². The van der Waals surface area contributed by atoms with Gasteiger partial charge in [0.15, 0.2) is 11.3 Å². The number of carboxylic acid groups (broad SMARTS) is 1. The molecule has 0 amide bonds. The Hall–Kier alpha value is -3.81. The number of ether oxygens (including phenoxy) is 1. The van der Waals surface area contributed by atoms with Gasteiger partial charge in [-0.15, -0.1) is 0 Å². The molecule has 0 atom stereocenters. The molecular formula is C21H18N4O4. The molecule has 1 N–H and O–H groups in total. The smallest absolute Gasteiger partial charge is 0.303 e. The Kier molecular flexibility index (Phi) is 4.90. The van der Waals surface area contributed by atoms with E-state index in [2.05, 4.69) is 15.1 Å². The molecule has 29 heavy (non-hydrogen) atoms. The van der Waals surface area contributed by atoms with E-state index < -0.39 is 11.5 Å². The third-order valence-corrected chi connectivity index (χ3v) is 4.60. The second-order valence-corrected chi connectivity index (χ2v) is 6.52. The molecule has 2 heterocycles. The number of para-hydroxylation sites is 1. The summed E-state index contributed by atoms with van der Waals surface area (Å²) in [5.41, 5.74) is 1.46. The number of nitrogens with zero attached hydrogens (tertiary/aromatic N) is 4. The third kappa shape index (κ3) is 3.64. The van der Waals surface area contributed by atoms with Crippen molar-refractivity contribution in [3.63, 3.8) is 0 Å². The first-order chi connectivity index (χ1) is 14.1. The second kappa shape index (κ2) is 7.67. The summed E-state index contributed by atoms with van der Waals surface area (Å²) in [6.45, 7) is 0. The quantitative estimate of drug-likeness (QED) is 0.505. The van der Waals surface area contributed by atoms with E-state index in [1.165, 1.54) is 0 Å². The Morgan fingerprint density at radius 1 is 1.10 bits per heavy atom. The van der Waals surface area contributed by atoms with Crippen molar-refractivity contribution < 1.29 is 14.6 Å². The molecule has 0 unspecified atom stereocenters. The van der Waals surface area contributed by atoms with Gasteiger partial charge in [-0.2, -0.15) is 14.6 Å². The zero-order chi connectivity index (χ0) is 20.4. The summed E-state index contributed by atoms with van der Waals surface area (Å²) in [5.74, 6) is 0.360. The van der Waals surface area contributed by atoms with Crippen LogP contribution in [0.1, 0.15) is 18.7 Å². The lowest BCUT2D eigenvalue weighted by atomic mass is 10.1. The minimum Gasteiger partial charge on any atom is -0.497 e. The minimum absolute atomic E-state index is 0.0228. The van der Waals surface area contributed by atoms with Crippen LogP contribution in [0.15, 0.2) is 53.3 Å². The van der Waals surface area contributed by atoms with Gasteiger partial charge >= 0.3 is 5.97 Å². The molecule has 146 valence electrons. The van der Waals surface area contributed by atoms with E-state index in [4.69, 9.17) is 9.84 Å². The van der Waals surface area contributed by atoms with Gasteiger partial charge in [-0.1, -0.05) is 12.1 Å². The largest absolute Gasteiger partial charge is 0.497 e. The van der Waals surface area contributed by atoms with E-state index in [9.17, 15) is 9.59 Å². The van der Waals surface area contributed by atoms with Crippen molar-refractivity contribution >= 4 is 22.5 Å². The fourth-order valence-corrected chi connectivity index (χ4v) is 3.18. The SMILES string of the molecule is COc1ccc(-c2nn3c(CCCC(=O)O)nc4ccccc4c3nc2=O)cc1. The van der Waals surface area contributed by atoms with Crippen molar-refractivity contribution in [3.05, 3.63) is 64.7 Å². The van der Waals surface area contributed by atoms with Crippen LogP contribution in [-0.4, -0.2) is 37.8 Å². The van der Waals surface area contributed by atoms with E-state index in [1.807, 2.05) is 24.3 Å². The molecule has 0 aliphatic rings. The molecule has 8 heteroatoms. The Balaban J connectivity index is 1.91. The topological polar surface area (TPSA) is 107 Å². The highest BCUT2D eigenvalue weighted by atomic mass is 16.5. The average Bonchev–Trinajstić information content (AvgIpc) is 2.73. The second-order valence-electron chi connectivity index (χ2n) is 6.52. The van der Waals surface area contributed by atoms with Gasteiger partial charge in [0, 0.05) is 23.8 Å². The van der Waals surface area contributed by atoms with Crippen LogP contribution in [0.5, 0.6) is 5.75 Å². The minimum atomic E-state index is -0.869. The number of carbonyl (C=O) groups is 1. The predicted octanol–water partition coefficient (Wildman–Crippen LogP) is 2.72. The van der Waals surface area contributed by atoms with Gasteiger partial charge in [-0.3, -0.25) is 9.59 Å². The van der Waals surface area contributed by atoms with Crippen molar-refractivity contribution in [2.24, 2.45) is 0 Å². The predicted molar refractivity (Wildman–Crippen MR) is 107 cm³/mol. The molecule has 4 aromatic rings. The number of rotatable bonds is 6. The highest BCUT2D eigenvalue weighted by Gasteiger charge is 2.15. The molecule has 2 aromatic carbocycles. The van der Waals surface area contributed by atoms with Crippen LogP contribution < -0.4 is 10.3 Å². The van der Waals surface area contributed by atoms with Gasteiger partial charge in [0.25, 0.3) is 5.56 Å². The van der Waals surface area contributed by atoms with Crippen LogP contribution in [0.25, 0.3) is 27.8 Å². The summed E-state index contributed by atoms with van der Waals surface area (Å²) in [6, 6.07) is 14.3. The Morgan fingerprint density at radius 2 is 1.86 bits per heavy atom. The van der Waals surface area contributed by atoms with Gasteiger partial charge < -0.3 is 9.84 Å². The molecule has 2 aromatic heterocycles. The van der Waals surface area contributed by atoms with Crippen LogP contribution in [-0.2, 0) is 11.2 Å². The number of methoxy groups -OCH3 is 1. The van der Waals surface area contributed by atoms with E-state index in [0.717, 1.165) is 0 Å². The Labute approximate surface area is 165 Å².